The summed E-state index contributed by atoms with van der Waals surface area (Å²) in [5, 5.41) is 0. The molecule has 0 fully saturated rings. The molecule has 1 aromatic rings. The number of esters is 2. The lowest BCUT2D eigenvalue weighted by Gasteiger charge is -2.01. The summed E-state index contributed by atoms with van der Waals surface area (Å²) in [5.41, 5.74) is 0.753. The van der Waals surface area contributed by atoms with Crippen molar-refractivity contribution in [1.82, 2.24) is 0 Å². The number of hydrogen-bond donors (Lipinski definition) is 0. The van der Waals surface area contributed by atoms with E-state index in [1.54, 1.807) is 18.2 Å². The molecule has 0 radical (unpaired) electrons. The van der Waals surface area contributed by atoms with E-state index in [0.717, 1.165) is 0 Å². The van der Waals surface area contributed by atoms with Gasteiger partial charge in [-0.2, -0.15) is 0 Å². The fraction of sp³-hybridized carbons (Fsp3) is 0.143. The molecule has 0 N–H and O–H groups in total. The third-order valence-corrected chi connectivity index (χ3v) is 1.88. The quantitative estimate of drug-likeness (QED) is 0.523. The molecule has 2 rings (SSSR count). The van der Waals surface area contributed by atoms with Crippen molar-refractivity contribution >= 4 is 11.9 Å². The van der Waals surface area contributed by atoms with Crippen LogP contribution in [0.2, 0.25) is 0 Å². The molecular weight excluding hydrogens is 232 g/mol. The standard InChI is InChI=1S/C10H8O4.2C2H4/c11-9-7-2-1-3-8(6-7)10(12)14-5-4-13-9;2*1-2/h1-3,6H,4-5H2;2*1-2H2. The summed E-state index contributed by atoms with van der Waals surface area (Å²) in [7, 11) is 0. The van der Waals surface area contributed by atoms with Crippen molar-refractivity contribution in [1.29, 1.82) is 0 Å². The molecule has 18 heavy (non-hydrogen) atoms. The third-order valence-electron chi connectivity index (χ3n) is 1.88. The SMILES string of the molecule is C=C.C=C.O=C1OCCOC(=O)c2cccc1c2. The van der Waals surface area contributed by atoms with Gasteiger partial charge in [-0.05, 0) is 18.2 Å². The highest BCUT2D eigenvalue weighted by atomic mass is 16.6. The minimum Gasteiger partial charge on any atom is -0.458 e. The number of carbonyl (C=O) groups is 2. The average Bonchev–Trinajstić information content (AvgIpc) is 2.50. The molecule has 0 saturated carbocycles. The molecule has 0 unspecified atom stereocenters. The number of ether oxygens (including phenoxy) is 2. The molecule has 1 aliphatic heterocycles. The lowest BCUT2D eigenvalue weighted by molar-refractivity contribution is 0.0277. The van der Waals surface area contributed by atoms with Crippen LogP contribution in [0.4, 0.5) is 0 Å². The Labute approximate surface area is 107 Å². The van der Waals surface area contributed by atoms with Crippen LogP contribution < -0.4 is 0 Å². The minimum atomic E-state index is -0.426. The van der Waals surface area contributed by atoms with Gasteiger partial charge in [0, 0.05) is 0 Å². The Morgan fingerprint density at radius 2 is 1.22 bits per heavy atom. The van der Waals surface area contributed by atoms with E-state index in [4.69, 9.17) is 9.47 Å². The molecule has 4 heteroatoms. The van der Waals surface area contributed by atoms with Gasteiger partial charge < -0.3 is 9.47 Å². The zero-order valence-electron chi connectivity index (χ0n) is 10.2. The largest absolute Gasteiger partial charge is 0.458 e. The van der Waals surface area contributed by atoms with Crippen LogP contribution in [0.3, 0.4) is 0 Å². The fourth-order valence-corrected chi connectivity index (χ4v) is 1.21. The van der Waals surface area contributed by atoms with Crippen molar-refractivity contribution in [3.63, 3.8) is 0 Å². The van der Waals surface area contributed by atoms with E-state index >= 15 is 0 Å². The van der Waals surface area contributed by atoms with Crippen molar-refractivity contribution in [3.05, 3.63) is 61.7 Å². The van der Waals surface area contributed by atoms with Crippen LogP contribution in [-0.4, -0.2) is 25.2 Å². The Kier molecular flexibility index (Phi) is 7.61. The fourth-order valence-electron chi connectivity index (χ4n) is 1.21. The zero-order valence-corrected chi connectivity index (χ0v) is 10.2. The van der Waals surface area contributed by atoms with E-state index in [9.17, 15) is 9.59 Å². The highest BCUT2D eigenvalue weighted by Crippen LogP contribution is 2.10. The predicted molar refractivity (Wildman–Crippen MR) is 69.5 cm³/mol. The molecule has 0 atom stereocenters. The second-order valence-corrected chi connectivity index (χ2v) is 2.85. The first-order valence-electron chi connectivity index (χ1n) is 5.22. The van der Waals surface area contributed by atoms with Gasteiger partial charge in [0.05, 0.1) is 11.1 Å². The summed E-state index contributed by atoms with van der Waals surface area (Å²) in [6.45, 7) is 12.2. The van der Waals surface area contributed by atoms with Crippen LogP contribution in [0.1, 0.15) is 20.7 Å². The van der Waals surface area contributed by atoms with E-state index in [1.165, 1.54) is 6.07 Å². The second-order valence-electron chi connectivity index (χ2n) is 2.85. The lowest BCUT2D eigenvalue weighted by atomic mass is 10.1. The van der Waals surface area contributed by atoms with Gasteiger partial charge in [-0.15, -0.1) is 26.3 Å². The average molecular weight is 248 g/mol. The van der Waals surface area contributed by atoms with Gasteiger partial charge in [0.1, 0.15) is 13.2 Å². The molecular formula is C14H16O4. The van der Waals surface area contributed by atoms with Crippen molar-refractivity contribution in [2.45, 2.75) is 0 Å². The van der Waals surface area contributed by atoms with Gasteiger partial charge in [0.15, 0.2) is 0 Å². The Balaban J connectivity index is 0.000000659. The van der Waals surface area contributed by atoms with E-state index in [1.807, 2.05) is 0 Å². The van der Waals surface area contributed by atoms with Crippen LogP contribution in [0, 0.1) is 0 Å². The Morgan fingerprint density at radius 1 is 0.833 bits per heavy atom. The molecule has 0 aromatic heterocycles. The maximum absolute atomic E-state index is 11.3. The number of benzene rings is 1. The Bertz CT molecular complexity index is 377. The Morgan fingerprint density at radius 3 is 1.61 bits per heavy atom. The van der Waals surface area contributed by atoms with Crippen LogP contribution in [0.25, 0.3) is 0 Å². The summed E-state index contributed by atoms with van der Waals surface area (Å²) >= 11 is 0. The zero-order chi connectivity index (χ0) is 14.0. The minimum absolute atomic E-state index is 0.100. The molecule has 0 amide bonds. The summed E-state index contributed by atoms with van der Waals surface area (Å²) in [6, 6.07) is 6.30. The van der Waals surface area contributed by atoms with Crippen molar-refractivity contribution in [2.24, 2.45) is 0 Å². The highest BCUT2D eigenvalue weighted by molar-refractivity contribution is 5.95. The molecule has 1 aliphatic rings. The second kappa shape index (κ2) is 8.75. The number of carbonyl (C=O) groups excluding carboxylic acids is 2. The van der Waals surface area contributed by atoms with Crippen LogP contribution in [0.5, 0.6) is 0 Å². The molecule has 0 spiro atoms. The molecule has 0 saturated heterocycles. The molecule has 4 nitrogen and oxygen atoms in total. The predicted octanol–water partition coefficient (Wildman–Crippen LogP) is 2.62. The van der Waals surface area contributed by atoms with Gasteiger partial charge in [0.25, 0.3) is 0 Å². The summed E-state index contributed by atoms with van der Waals surface area (Å²) in [5.74, 6) is -0.852. The van der Waals surface area contributed by atoms with Gasteiger partial charge in [-0.1, -0.05) is 6.07 Å². The molecule has 1 aromatic carbocycles. The number of rotatable bonds is 0. The van der Waals surface area contributed by atoms with Gasteiger partial charge in [0.2, 0.25) is 0 Å². The van der Waals surface area contributed by atoms with Crippen molar-refractivity contribution in [3.8, 4) is 0 Å². The van der Waals surface area contributed by atoms with Crippen LogP contribution in [0.15, 0.2) is 50.6 Å². The normalized spacial score (nSPS) is 12.9. The summed E-state index contributed by atoms with van der Waals surface area (Å²) in [6.07, 6.45) is 0. The van der Waals surface area contributed by atoms with E-state index in [0.29, 0.717) is 11.1 Å². The molecule has 0 aliphatic carbocycles. The maximum atomic E-state index is 11.3. The van der Waals surface area contributed by atoms with E-state index in [-0.39, 0.29) is 13.2 Å². The Hall–Kier alpha value is -2.36. The van der Waals surface area contributed by atoms with Gasteiger partial charge >= 0.3 is 11.9 Å². The van der Waals surface area contributed by atoms with Crippen LogP contribution in [-0.2, 0) is 9.47 Å². The first-order valence-corrected chi connectivity index (χ1v) is 5.22. The number of hydrogen-bond acceptors (Lipinski definition) is 4. The lowest BCUT2D eigenvalue weighted by Crippen LogP contribution is -2.10. The smallest absolute Gasteiger partial charge is 0.338 e. The molecule has 1 heterocycles. The monoisotopic (exact) mass is 248 g/mol. The van der Waals surface area contributed by atoms with E-state index in [2.05, 4.69) is 26.3 Å². The highest BCUT2D eigenvalue weighted by Gasteiger charge is 2.14. The van der Waals surface area contributed by atoms with Gasteiger partial charge in [-0.3, -0.25) is 0 Å². The maximum Gasteiger partial charge on any atom is 0.338 e. The van der Waals surface area contributed by atoms with Crippen molar-refractivity contribution < 1.29 is 19.1 Å². The van der Waals surface area contributed by atoms with Crippen molar-refractivity contribution in [2.75, 3.05) is 13.2 Å². The topological polar surface area (TPSA) is 52.6 Å². The third kappa shape index (κ3) is 4.25. The number of fused-ring (bicyclic) bond motifs is 2. The van der Waals surface area contributed by atoms with Gasteiger partial charge in [-0.25, -0.2) is 9.59 Å². The first kappa shape index (κ1) is 15.6. The van der Waals surface area contributed by atoms with E-state index < -0.39 is 11.9 Å². The summed E-state index contributed by atoms with van der Waals surface area (Å²) < 4.78 is 9.67. The van der Waals surface area contributed by atoms with Crippen LogP contribution >= 0.6 is 0 Å². The summed E-state index contributed by atoms with van der Waals surface area (Å²) in [4.78, 5) is 22.6. The number of cyclic esters (lactones) is 2. The first-order chi connectivity index (χ1) is 8.77. The molecule has 96 valence electrons. The molecule has 2 bridgehead atoms.